The smallest absolute Gasteiger partial charge is 0.134 e. The number of likely N-dealkylation sites (tertiary alicyclic amines) is 1. The maximum absolute atomic E-state index is 12.6. The lowest BCUT2D eigenvalue weighted by Gasteiger charge is -2.65. The lowest BCUT2D eigenvalue weighted by atomic mass is 9.49. The molecule has 1 heterocycles. The maximum Gasteiger partial charge on any atom is 0.134 e. The molecule has 0 spiro atoms. The Kier molecular flexibility index (Phi) is 4.81. The molecule has 4 aliphatic rings. The Hall–Kier alpha value is -1.10. The van der Waals surface area contributed by atoms with E-state index in [-0.39, 0.29) is 23.4 Å². The first kappa shape index (κ1) is 19.2. The average Bonchev–Trinajstić information content (AvgIpc) is 3.47. The topological polar surface area (TPSA) is 38.8 Å². The van der Waals surface area contributed by atoms with E-state index in [1.165, 1.54) is 30.5 Å². The average molecular weight is 392 g/mol. The molecule has 148 valence electrons. The Morgan fingerprint density at radius 1 is 1.22 bits per heavy atom. The second-order valence-electron chi connectivity index (χ2n) is 8.79. The lowest BCUT2D eigenvalue weighted by molar-refractivity contribution is -0.188. The predicted molar refractivity (Wildman–Crippen MR) is 107 cm³/mol. The van der Waals surface area contributed by atoms with Crippen molar-refractivity contribution in [1.29, 1.82) is 0 Å². The third-order valence-electron chi connectivity index (χ3n) is 7.67. The molecule has 5 heteroatoms. The van der Waals surface area contributed by atoms with Crippen LogP contribution < -0.4 is 4.74 Å². The SMILES string of the molecule is COc1cccc2c1[C@]13CCN(CC4CC4)[C@H](C2)[C@@]1(OC)CCC(=O)C3.Cl. The highest BCUT2D eigenvalue weighted by Crippen LogP contribution is 2.61. The van der Waals surface area contributed by atoms with Gasteiger partial charge in [-0.2, -0.15) is 0 Å². The third kappa shape index (κ3) is 2.60. The van der Waals surface area contributed by atoms with E-state index in [0.29, 0.717) is 24.7 Å². The van der Waals surface area contributed by atoms with Gasteiger partial charge in [0.05, 0.1) is 12.7 Å². The van der Waals surface area contributed by atoms with Crippen LogP contribution in [0.25, 0.3) is 0 Å². The summed E-state index contributed by atoms with van der Waals surface area (Å²) in [4.78, 5) is 15.3. The van der Waals surface area contributed by atoms with Crippen LogP contribution in [0.3, 0.4) is 0 Å². The van der Waals surface area contributed by atoms with Crippen molar-refractivity contribution in [2.24, 2.45) is 5.92 Å². The number of hydrogen-bond donors (Lipinski definition) is 0. The third-order valence-corrected chi connectivity index (χ3v) is 7.67. The number of rotatable bonds is 4. The number of hydrogen-bond acceptors (Lipinski definition) is 4. The molecule has 0 radical (unpaired) electrons. The van der Waals surface area contributed by atoms with Gasteiger partial charge in [-0.15, -0.1) is 12.4 Å². The Morgan fingerprint density at radius 2 is 2.04 bits per heavy atom. The molecule has 0 amide bonds. The van der Waals surface area contributed by atoms with Gasteiger partial charge in [-0.25, -0.2) is 0 Å². The quantitative estimate of drug-likeness (QED) is 0.787. The summed E-state index contributed by atoms with van der Waals surface area (Å²) in [7, 11) is 3.62. The number of halogens is 1. The van der Waals surface area contributed by atoms with Gasteiger partial charge < -0.3 is 9.47 Å². The number of piperidine rings is 1. The number of ether oxygens (including phenoxy) is 2. The molecule has 0 N–H and O–H groups in total. The summed E-state index contributed by atoms with van der Waals surface area (Å²) in [6.45, 7) is 2.26. The highest BCUT2D eigenvalue weighted by atomic mass is 35.5. The largest absolute Gasteiger partial charge is 0.496 e. The summed E-state index contributed by atoms with van der Waals surface area (Å²) in [6, 6.07) is 6.77. The summed E-state index contributed by atoms with van der Waals surface area (Å²) in [5, 5.41) is 0. The molecule has 3 fully saturated rings. The zero-order chi connectivity index (χ0) is 17.9. The highest BCUT2D eigenvalue weighted by Gasteiger charge is 2.66. The van der Waals surface area contributed by atoms with E-state index >= 15 is 0 Å². The molecule has 0 aromatic heterocycles. The normalized spacial score (nSPS) is 35.0. The number of carbonyl (C=O) groups excluding carboxylic acids is 1. The van der Waals surface area contributed by atoms with Crippen LogP contribution in [-0.4, -0.2) is 49.6 Å². The predicted octanol–water partition coefficient (Wildman–Crippen LogP) is 3.53. The van der Waals surface area contributed by atoms with E-state index in [4.69, 9.17) is 9.47 Å². The van der Waals surface area contributed by atoms with E-state index in [1.807, 2.05) is 7.11 Å². The zero-order valence-electron chi connectivity index (χ0n) is 16.3. The van der Waals surface area contributed by atoms with Crippen LogP contribution in [0.5, 0.6) is 5.75 Å². The molecule has 1 aliphatic heterocycles. The van der Waals surface area contributed by atoms with Crippen LogP contribution in [0.15, 0.2) is 18.2 Å². The molecule has 27 heavy (non-hydrogen) atoms. The van der Waals surface area contributed by atoms with Crippen molar-refractivity contribution in [2.45, 2.75) is 62.0 Å². The van der Waals surface area contributed by atoms with Crippen molar-refractivity contribution in [3.05, 3.63) is 29.3 Å². The monoisotopic (exact) mass is 391 g/mol. The molecule has 3 atom stereocenters. The van der Waals surface area contributed by atoms with E-state index in [2.05, 4.69) is 23.1 Å². The van der Waals surface area contributed by atoms with Crippen molar-refractivity contribution in [2.75, 3.05) is 27.3 Å². The standard InChI is InChI=1S/C22H29NO3.ClH/c1-25-18-5-3-4-16-12-19-22(26-2)9-8-17(24)13-21(22,20(16)18)10-11-23(19)14-15-6-7-15;/h3-5,15,19H,6-14H2,1-2H3;1H/t19-,21-,22+;/m1./s1. The fraction of sp³-hybridized carbons (Fsp3) is 0.682. The van der Waals surface area contributed by atoms with Gasteiger partial charge >= 0.3 is 0 Å². The van der Waals surface area contributed by atoms with Crippen LogP contribution in [0.4, 0.5) is 0 Å². The Bertz CT molecular complexity index is 749. The van der Waals surface area contributed by atoms with E-state index in [1.54, 1.807) is 7.11 Å². The first-order chi connectivity index (χ1) is 12.6. The van der Waals surface area contributed by atoms with Crippen LogP contribution >= 0.6 is 12.4 Å². The van der Waals surface area contributed by atoms with Crippen LogP contribution in [0.1, 0.15) is 49.7 Å². The molecule has 1 aromatic rings. The van der Waals surface area contributed by atoms with Crippen molar-refractivity contribution >= 4 is 18.2 Å². The van der Waals surface area contributed by atoms with Gasteiger partial charge in [0.25, 0.3) is 0 Å². The summed E-state index contributed by atoms with van der Waals surface area (Å²) < 4.78 is 12.2. The molecule has 0 unspecified atom stereocenters. The van der Waals surface area contributed by atoms with Gasteiger partial charge in [0.2, 0.25) is 0 Å². The number of methoxy groups -OCH3 is 2. The second-order valence-corrected chi connectivity index (χ2v) is 8.79. The summed E-state index contributed by atoms with van der Waals surface area (Å²) in [5.74, 6) is 2.19. The minimum atomic E-state index is -0.268. The molecule has 5 rings (SSSR count). The number of fused-ring (bicyclic) bond motifs is 1. The summed E-state index contributed by atoms with van der Waals surface area (Å²) in [6.07, 6.45) is 6.82. The molecular formula is C22H30ClNO3. The zero-order valence-corrected chi connectivity index (χ0v) is 17.1. The van der Waals surface area contributed by atoms with Gasteiger partial charge in [-0.05, 0) is 56.2 Å². The Labute approximate surface area is 168 Å². The summed E-state index contributed by atoms with van der Waals surface area (Å²) in [5.41, 5.74) is 2.12. The Morgan fingerprint density at radius 3 is 2.74 bits per heavy atom. The fourth-order valence-corrected chi connectivity index (χ4v) is 6.38. The van der Waals surface area contributed by atoms with Gasteiger partial charge in [-0.1, -0.05) is 12.1 Å². The molecule has 2 bridgehead atoms. The highest BCUT2D eigenvalue weighted by molar-refractivity contribution is 5.85. The van der Waals surface area contributed by atoms with E-state index in [0.717, 1.165) is 37.5 Å². The minimum absolute atomic E-state index is 0. The van der Waals surface area contributed by atoms with Gasteiger partial charge in [0.1, 0.15) is 11.5 Å². The number of carbonyl (C=O) groups is 1. The molecule has 3 aliphatic carbocycles. The number of Topliss-reactive ketones (excluding diaryl/α,β-unsaturated/α-hetero) is 1. The minimum Gasteiger partial charge on any atom is -0.496 e. The maximum atomic E-state index is 12.6. The van der Waals surface area contributed by atoms with Crippen molar-refractivity contribution in [1.82, 2.24) is 4.90 Å². The molecule has 4 nitrogen and oxygen atoms in total. The molecular weight excluding hydrogens is 362 g/mol. The van der Waals surface area contributed by atoms with Crippen LogP contribution in [0, 0.1) is 5.92 Å². The van der Waals surface area contributed by atoms with Gasteiger partial charge in [0.15, 0.2) is 0 Å². The van der Waals surface area contributed by atoms with E-state index in [9.17, 15) is 4.79 Å². The van der Waals surface area contributed by atoms with Gasteiger partial charge in [-0.3, -0.25) is 9.69 Å². The first-order valence-corrected chi connectivity index (χ1v) is 10.1. The van der Waals surface area contributed by atoms with Crippen molar-refractivity contribution < 1.29 is 14.3 Å². The van der Waals surface area contributed by atoms with Gasteiger partial charge in [0, 0.05) is 43.5 Å². The number of benzene rings is 1. The molecule has 1 aromatic carbocycles. The first-order valence-electron chi connectivity index (χ1n) is 10.1. The number of ketones is 1. The second kappa shape index (κ2) is 6.75. The van der Waals surface area contributed by atoms with Crippen molar-refractivity contribution in [3.8, 4) is 5.75 Å². The lowest BCUT2D eigenvalue weighted by Crippen LogP contribution is -2.74. The molecule has 2 saturated carbocycles. The van der Waals surface area contributed by atoms with E-state index < -0.39 is 0 Å². The molecule has 1 saturated heterocycles. The number of nitrogens with zero attached hydrogens (tertiary/aromatic N) is 1. The Balaban J connectivity index is 0.00000180. The fourth-order valence-electron chi connectivity index (χ4n) is 6.38. The van der Waals surface area contributed by atoms with Crippen LogP contribution in [-0.2, 0) is 21.4 Å². The van der Waals surface area contributed by atoms with Crippen LogP contribution in [0.2, 0.25) is 0 Å². The summed E-state index contributed by atoms with van der Waals surface area (Å²) >= 11 is 0. The van der Waals surface area contributed by atoms with Crippen molar-refractivity contribution in [3.63, 3.8) is 0 Å².